The van der Waals surface area contributed by atoms with Gasteiger partial charge in [-0.2, -0.15) is 4.31 Å². The quantitative estimate of drug-likeness (QED) is 0.721. The van der Waals surface area contributed by atoms with Crippen LogP contribution in [-0.4, -0.2) is 62.9 Å². The molecule has 1 amide bonds. The van der Waals surface area contributed by atoms with Crippen LogP contribution in [-0.2, 0) is 10.0 Å². The summed E-state index contributed by atoms with van der Waals surface area (Å²) in [5.74, 6) is 1.21. The Balaban J connectivity index is 1.62. The van der Waals surface area contributed by atoms with E-state index in [4.69, 9.17) is 9.47 Å². The lowest BCUT2D eigenvalue weighted by Crippen LogP contribution is -2.50. The molecule has 2 aromatic rings. The Morgan fingerprint density at radius 2 is 1.45 bits per heavy atom. The smallest absolute Gasteiger partial charge is 0.253 e. The molecule has 1 heterocycles. The van der Waals surface area contributed by atoms with Gasteiger partial charge in [0.05, 0.1) is 18.1 Å². The van der Waals surface area contributed by atoms with E-state index >= 15 is 0 Å². The Labute approximate surface area is 171 Å². The van der Waals surface area contributed by atoms with Crippen LogP contribution in [0.25, 0.3) is 0 Å². The van der Waals surface area contributed by atoms with E-state index in [1.165, 1.54) is 23.5 Å². The molecule has 29 heavy (non-hydrogen) atoms. The molecule has 0 aromatic heterocycles. The van der Waals surface area contributed by atoms with Crippen LogP contribution in [0, 0.1) is 0 Å². The predicted octanol–water partition coefficient (Wildman–Crippen LogP) is 2.63. The molecule has 1 fully saturated rings. The van der Waals surface area contributed by atoms with Crippen molar-refractivity contribution in [2.24, 2.45) is 0 Å². The highest BCUT2D eigenvalue weighted by Crippen LogP contribution is 2.21. The predicted molar refractivity (Wildman–Crippen MR) is 110 cm³/mol. The van der Waals surface area contributed by atoms with Crippen LogP contribution < -0.4 is 9.47 Å². The fourth-order valence-corrected chi connectivity index (χ4v) is 4.58. The fraction of sp³-hybridized carbons (Fsp3) is 0.381. The van der Waals surface area contributed by atoms with Gasteiger partial charge >= 0.3 is 0 Å². The molecule has 0 N–H and O–H groups in total. The molecule has 1 saturated heterocycles. The van der Waals surface area contributed by atoms with Gasteiger partial charge in [0.25, 0.3) is 5.91 Å². The summed E-state index contributed by atoms with van der Waals surface area (Å²) < 4.78 is 37.7. The van der Waals surface area contributed by atoms with Gasteiger partial charge in [-0.15, -0.1) is 0 Å². The number of amides is 1. The van der Waals surface area contributed by atoms with Crippen LogP contribution in [0.15, 0.2) is 53.4 Å². The molecule has 0 spiro atoms. The Hall–Kier alpha value is -2.58. The first-order valence-corrected chi connectivity index (χ1v) is 11.0. The van der Waals surface area contributed by atoms with E-state index in [0.717, 1.165) is 0 Å². The maximum atomic E-state index is 12.8. The number of carbonyl (C=O) groups is 1. The lowest BCUT2D eigenvalue weighted by atomic mass is 10.2. The molecule has 8 heteroatoms. The number of nitrogens with zero attached hydrogens (tertiary/aromatic N) is 2. The number of hydrogen-bond donors (Lipinski definition) is 0. The third-order valence-electron chi connectivity index (χ3n) is 4.70. The molecule has 0 unspecified atom stereocenters. The molecule has 1 aliphatic rings. The lowest BCUT2D eigenvalue weighted by Gasteiger charge is -2.34. The van der Waals surface area contributed by atoms with E-state index in [1.807, 2.05) is 13.8 Å². The highest BCUT2D eigenvalue weighted by molar-refractivity contribution is 7.89. The van der Waals surface area contributed by atoms with Gasteiger partial charge < -0.3 is 14.4 Å². The number of rotatable bonds is 6. The minimum atomic E-state index is -3.59. The van der Waals surface area contributed by atoms with Crippen LogP contribution in [0.1, 0.15) is 24.2 Å². The second-order valence-electron chi connectivity index (χ2n) is 7.06. The Morgan fingerprint density at radius 3 is 1.97 bits per heavy atom. The SMILES string of the molecule is COc1ccc(S(=O)(=O)N2CCN(C(=O)c3ccc(OC(C)C)cc3)CC2)cc1. The average molecular weight is 419 g/mol. The lowest BCUT2D eigenvalue weighted by molar-refractivity contribution is 0.0698. The maximum absolute atomic E-state index is 12.8. The molecular formula is C21H26N2O5S. The molecule has 1 aliphatic heterocycles. The highest BCUT2D eigenvalue weighted by atomic mass is 32.2. The Morgan fingerprint density at radius 1 is 0.897 bits per heavy atom. The van der Waals surface area contributed by atoms with Crippen molar-refractivity contribution in [3.05, 3.63) is 54.1 Å². The largest absolute Gasteiger partial charge is 0.497 e. The van der Waals surface area contributed by atoms with E-state index in [1.54, 1.807) is 41.3 Å². The molecule has 7 nitrogen and oxygen atoms in total. The number of sulfonamides is 1. The molecule has 2 aromatic carbocycles. The average Bonchev–Trinajstić information content (AvgIpc) is 2.73. The van der Waals surface area contributed by atoms with Crippen molar-refractivity contribution in [2.75, 3.05) is 33.3 Å². The number of ether oxygens (including phenoxy) is 2. The molecule has 0 atom stereocenters. The summed E-state index contributed by atoms with van der Waals surface area (Å²) in [6, 6.07) is 13.3. The summed E-state index contributed by atoms with van der Waals surface area (Å²) in [4.78, 5) is 14.6. The standard InChI is InChI=1S/C21H26N2O5S/c1-16(2)28-19-6-4-17(5-7-19)21(24)22-12-14-23(15-13-22)29(25,26)20-10-8-18(27-3)9-11-20/h4-11,16H,12-15H2,1-3H3. The molecule has 0 aliphatic carbocycles. The van der Waals surface area contributed by atoms with Crippen molar-refractivity contribution in [1.29, 1.82) is 0 Å². The van der Waals surface area contributed by atoms with Gasteiger partial charge in [0.1, 0.15) is 11.5 Å². The Bertz CT molecular complexity index is 932. The number of hydrogen-bond acceptors (Lipinski definition) is 5. The third-order valence-corrected chi connectivity index (χ3v) is 6.61. The monoisotopic (exact) mass is 418 g/mol. The van der Waals surface area contributed by atoms with Crippen molar-refractivity contribution in [3.8, 4) is 11.5 Å². The second kappa shape index (κ2) is 8.84. The first-order valence-electron chi connectivity index (χ1n) is 9.51. The Kier molecular flexibility index (Phi) is 6.44. The van der Waals surface area contributed by atoms with Crippen LogP contribution in [0.5, 0.6) is 11.5 Å². The van der Waals surface area contributed by atoms with Gasteiger partial charge in [0.2, 0.25) is 10.0 Å². The minimum absolute atomic E-state index is 0.0669. The number of carbonyl (C=O) groups excluding carboxylic acids is 1. The van der Waals surface area contributed by atoms with Crippen LogP contribution in [0.2, 0.25) is 0 Å². The van der Waals surface area contributed by atoms with E-state index in [2.05, 4.69) is 0 Å². The van der Waals surface area contributed by atoms with Gasteiger partial charge in [-0.25, -0.2) is 8.42 Å². The summed E-state index contributed by atoms with van der Waals surface area (Å²) in [6.07, 6.45) is 0.0669. The summed E-state index contributed by atoms with van der Waals surface area (Å²) in [7, 11) is -2.06. The van der Waals surface area contributed by atoms with Crippen molar-refractivity contribution in [1.82, 2.24) is 9.21 Å². The van der Waals surface area contributed by atoms with Gasteiger partial charge in [-0.3, -0.25) is 4.79 Å². The summed E-state index contributed by atoms with van der Waals surface area (Å²) in [5.41, 5.74) is 0.563. The summed E-state index contributed by atoms with van der Waals surface area (Å²) >= 11 is 0. The fourth-order valence-electron chi connectivity index (χ4n) is 3.16. The zero-order valence-electron chi connectivity index (χ0n) is 16.9. The van der Waals surface area contributed by atoms with Crippen molar-refractivity contribution >= 4 is 15.9 Å². The van der Waals surface area contributed by atoms with Crippen LogP contribution in [0.4, 0.5) is 0 Å². The molecule has 0 bridgehead atoms. The van der Waals surface area contributed by atoms with E-state index < -0.39 is 10.0 Å². The van der Waals surface area contributed by atoms with Crippen LogP contribution >= 0.6 is 0 Å². The molecular weight excluding hydrogens is 392 g/mol. The molecule has 0 radical (unpaired) electrons. The summed E-state index contributed by atoms with van der Waals surface area (Å²) in [6.45, 7) is 5.09. The van der Waals surface area contributed by atoms with Crippen molar-refractivity contribution in [3.63, 3.8) is 0 Å². The molecule has 3 rings (SSSR count). The van der Waals surface area contributed by atoms with Crippen molar-refractivity contribution < 1.29 is 22.7 Å². The number of benzene rings is 2. The zero-order chi connectivity index (χ0) is 21.0. The topological polar surface area (TPSA) is 76.2 Å². The first kappa shape index (κ1) is 21.1. The van der Waals surface area contributed by atoms with Gasteiger partial charge in [-0.1, -0.05) is 0 Å². The van der Waals surface area contributed by atoms with E-state index in [0.29, 0.717) is 30.2 Å². The number of methoxy groups -OCH3 is 1. The summed E-state index contributed by atoms with van der Waals surface area (Å²) in [5, 5.41) is 0. The van der Waals surface area contributed by atoms with Gasteiger partial charge in [-0.05, 0) is 62.4 Å². The molecule has 156 valence electrons. The van der Waals surface area contributed by atoms with Crippen LogP contribution in [0.3, 0.4) is 0 Å². The van der Waals surface area contributed by atoms with Gasteiger partial charge in [0.15, 0.2) is 0 Å². The van der Waals surface area contributed by atoms with Crippen molar-refractivity contribution in [2.45, 2.75) is 24.8 Å². The normalized spacial score (nSPS) is 15.4. The zero-order valence-corrected chi connectivity index (χ0v) is 17.7. The van der Waals surface area contributed by atoms with Gasteiger partial charge in [0, 0.05) is 31.7 Å². The second-order valence-corrected chi connectivity index (χ2v) is 9.00. The van der Waals surface area contributed by atoms with E-state index in [-0.39, 0.29) is 30.0 Å². The minimum Gasteiger partial charge on any atom is -0.497 e. The van der Waals surface area contributed by atoms with E-state index in [9.17, 15) is 13.2 Å². The molecule has 0 saturated carbocycles. The first-order chi connectivity index (χ1) is 13.8. The third kappa shape index (κ3) is 4.89. The highest BCUT2D eigenvalue weighted by Gasteiger charge is 2.30. The maximum Gasteiger partial charge on any atom is 0.253 e. The number of piperazine rings is 1.